The first kappa shape index (κ1) is 12.4. The zero-order chi connectivity index (χ0) is 11.7. The SMILES string of the molecule is CCC1OCCC1C(=O)c1cc(Cl)sc1Cl. The Kier molecular flexibility index (Phi) is 3.90. The summed E-state index contributed by atoms with van der Waals surface area (Å²) in [6.07, 6.45) is 1.66. The van der Waals surface area contributed by atoms with Gasteiger partial charge in [0.05, 0.1) is 16.4 Å². The number of carbonyl (C=O) groups is 1. The van der Waals surface area contributed by atoms with E-state index >= 15 is 0 Å². The third-order valence-electron chi connectivity index (χ3n) is 2.87. The van der Waals surface area contributed by atoms with Gasteiger partial charge in [-0.2, -0.15) is 0 Å². The number of hydrogen-bond donors (Lipinski definition) is 0. The normalized spacial score (nSPS) is 24.9. The summed E-state index contributed by atoms with van der Waals surface area (Å²) in [5.74, 6) is 0.00525. The minimum Gasteiger partial charge on any atom is -0.377 e. The number of ether oxygens (including phenoxy) is 1. The molecule has 0 aromatic carbocycles. The molecular formula is C11H12Cl2O2S. The number of rotatable bonds is 3. The van der Waals surface area contributed by atoms with Gasteiger partial charge in [0.25, 0.3) is 0 Å². The minimum atomic E-state index is -0.0619. The van der Waals surface area contributed by atoms with Crippen LogP contribution in [0.3, 0.4) is 0 Å². The van der Waals surface area contributed by atoms with E-state index in [0.29, 0.717) is 20.8 Å². The lowest BCUT2D eigenvalue weighted by molar-refractivity contribution is 0.0689. The molecule has 1 aliphatic heterocycles. The van der Waals surface area contributed by atoms with Crippen molar-refractivity contribution in [3.05, 3.63) is 20.3 Å². The van der Waals surface area contributed by atoms with Crippen molar-refractivity contribution in [1.29, 1.82) is 0 Å². The highest BCUT2D eigenvalue weighted by molar-refractivity contribution is 7.20. The second-order valence-electron chi connectivity index (χ2n) is 3.81. The van der Waals surface area contributed by atoms with Crippen LogP contribution in [0.5, 0.6) is 0 Å². The van der Waals surface area contributed by atoms with Crippen LogP contribution in [0.25, 0.3) is 0 Å². The molecule has 1 saturated heterocycles. The molecule has 0 N–H and O–H groups in total. The Morgan fingerprint density at radius 1 is 1.62 bits per heavy atom. The topological polar surface area (TPSA) is 26.3 Å². The molecule has 2 unspecified atom stereocenters. The fourth-order valence-corrected chi connectivity index (χ4v) is 3.53. The molecule has 16 heavy (non-hydrogen) atoms. The molecule has 5 heteroatoms. The predicted octanol–water partition coefficient (Wildman–Crippen LogP) is 4.05. The fourth-order valence-electron chi connectivity index (χ4n) is 2.06. The molecule has 0 radical (unpaired) electrons. The van der Waals surface area contributed by atoms with Gasteiger partial charge in [-0.25, -0.2) is 0 Å². The monoisotopic (exact) mass is 278 g/mol. The van der Waals surface area contributed by atoms with Crippen LogP contribution >= 0.6 is 34.5 Å². The van der Waals surface area contributed by atoms with Gasteiger partial charge in [-0.3, -0.25) is 4.79 Å². The molecule has 2 rings (SSSR count). The average molecular weight is 279 g/mol. The Morgan fingerprint density at radius 2 is 2.38 bits per heavy atom. The minimum absolute atomic E-state index is 0.0299. The number of halogens is 2. The third kappa shape index (κ3) is 2.28. The molecule has 2 heterocycles. The lowest BCUT2D eigenvalue weighted by Gasteiger charge is -2.14. The van der Waals surface area contributed by atoms with Crippen LogP contribution in [0.2, 0.25) is 8.67 Å². The maximum Gasteiger partial charge on any atom is 0.171 e. The Labute approximate surface area is 109 Å². The Hall–Kier alpha value is -0.0900. The van der Waals surface area contributed by atoms with Gasteiger partial charge in [0, 0.05) is 12.2 Å². The van der Waals surface area contributed by atoms with E-state index in [1.165, 1.54) is 11.3 Å². The molecule has 1 aliphatic rings. The van der Waals surface area contributed by atoms with E-state index in [1.807, 2.05) is 6.92 Å². The van der Waals surface area contributed by atoms with E-state index < -0.39 is 0 Å². The molecule has 1 aromatic rings. The Balaban J connectivity index is 2.21. The quantitative estimate of drug-likeness (QED) is 0.780. The first-order chi connectivity index (χ1) is 7.63. The van der Waals surface area contributed by atoms with Gasteiger partial charge in [-0.05, 0) is 18.9 Å². The van der Waals surface area contributed by atoms with Crippen LogP contribution in [-0.2, 0) is 4.74 Å². The number of Topliss-reactive ketones (excluding diaryl/α,β-unsaturated/α-hetero) is 1. The summed E-state index contributed by atoms with van der Waals surface area (Å²) in [5.41, 5.74) is 0.547. The summed E-state index contributed by atoms with van der Waals surface area (Å²) in [4.78, 5) is 12.2. The van der Waals surface area contributed by atoms with Crippen molar-refractivity contribution in [1.82, 2.24) is 0 Å². The number of carbonyl (C=O) groups excluding carboxylic acids is 1. The van der Waals surface area contributed by atoms with Crippen molar-refractivity contribution >= 4 is 40.3 Å². The van der Waals surface area contributed by atoms with Gasteiger partial charge in [0.2, 0.25) is 0 Å². The molecule has 1 aromatic heterocycles. The molecule has 2 nitrogen and oxygen atoms in total. The molecule has 88 valence electrons. The third-order valence-corrected chi connectivity index (χ3v) is 4.36. The molecule has 0 amide bonds. The zero-order valence-corrected chi connectivity index (χ0v) is 11.2. The second kappa shape index (κ2) is 5.05. The highest BCUT2D eigenvalue weighted by atomic mass is 35.5. The Bertz CT molecular complexity index is 403. The summed E-state index contributed by atoms with van der Waals surface area (Å²) in [7, 11) is 0. The van der Waals surface area contributed by atoms with E-state index in [2.05, 4.69) is 0 Å². The highest BCUT2D eigenvalue weighted by Gasteiger charge is 2.34. The van der Waals surface area contributed by atoms with Crippen molar-refractivity contribution in [2.75, 3.05) is 6.61 Å². The molecule has 0 aliphatic carbocycles. The van der Waals surface area contributed by atoms with E-state index in [1.54, 1.807) is 6.07 Å². The van der Waals surface area contributed by atoms with Crippen molar-refractivity contribution in [2.45, 2.75) is 25.9 Å². The van der Waals surface area contributed by atoms with Crippen LogP contribution < -0.4 is 0 Å². The molecular weight excluding hydrogens is 267 g/mol. The smallest absolute Gasteiger partial charge is 0.171 e. The second-order valence-corrected chi connectivity index (χ2v) is 6.10. The first-order valence-corrected chi connectivity index (χ1v) is 6.81. The van der Waals surface area contributed by atoms with Crippen LogP contribution in [0.4, 0.5) is 0 Å². The molecule has 0 spiro atoms. The van der Waals surface area contributed by atoms with Gasteiger partial charge in [-0.1, -0.05) is 30.1 Å². The van der Waals surface area contributed by atoms with Gasteiger partial charge >= 0.3 is 0 Å². The molecule has 0 bridgehead atoms. The predicted molar refractivity (Wildman–Crippen MR) is 66.8 cm³/mol. The van der Waals surface area contributed by atoms with E-state index in [-0.39, 0.29) is 17.8 Å². The molecule has 1 fully saturated rings. The van der Waals surface area contributed by atoms with Crippen molar-refractivity contribution in [2.24, 2.45) is 5.92 Å². The van der Waals surface area contributed by atoms with Crippen molar-refractivity contribution < 1.29 is 9.53 Å². The van der Waals surface area contributed by atoms with Crippen molar-refractivity contribution in [3.63, 3.8) is 0 Å². The lowest BCUT2D eigenvalue weighted by atomic mass is 9.92. The highest BCUT2D eigenvalue weighted by Crippen LogP contribution is 2.35. The van der Waals surface area contributed by atoms with Gasteiger partial charge < -0.3 is 4.74 Å². The lowest BCUT2D eigenvalue weighted by Crippen LogP contribution is -2.23. The number of hydrogen-bond acceptors (Lipinski definition) is 3. The summed E-state index contributed by atoms with van der Waals surface area (Å²) in [5, 5.41) is 0. The van der Waals surface area contributed by atoms with Crippen LogP contribution in [-0.4, -0.2) is 18.5 Å². The van der Waals surface area contributed by atoms with E-state index in [0.717, 1.165) is 12.8 Å². The zero-order valence-electron chi connectivity index (χ0n) is 8.83. The van der Waals surface area contributed by atoms with Crippen LogP contribution in [0.1, 0.15) is 30.1 Å². The summed E-state index contributed by atoms with van der Waals surface area (Å²) < 4.78 is 6.55. The molecule has 0 saturated carbocycles. The Morgan fingerprint density at radius 3 is 2.94 bits per heavy atom. The standard InChI is InChI=1S/C11H12Cl2O2S/c1-2-8-6(3-4-15-8)10(14)7-5-9(12)16-11(7)13/h5-6,8H,2-4H2,1H3. The summed E-state index contributed by atoms with van der Waals surface area (Å²) in [6, 6.07) is 1.65. The van der Waals surface area contributed by atoms with E-state index in [9.17, 15) is 4.79 Å². The maximum absolute atomic E-state index is 12.2. The number of thiophene rings is 1. The van der Waals surface area contributed by atoms with Crippen LogP contribution in [0.15, 0.2) is 6.07 Å². The van der Waals surface area contributed by atoms with Gasteiger partial charge in [0.1, 0.15) is 4.34 Å². The largest absolute Gasteiger partial charge is 0.377 e. The molecule has 2 atom stereocenters. The number of ketones is 1. The summed E-state index contributed by atoms with van der Waals surface area (Å²) in [6.45, 7) is 2.68. The van der Waals surface area contributed by atoms with Gasteiger partial charge in [0.15, 0.2) is 5.78 Å². The van der Waals surface area contributed by atoms with Crippen LogP contribution in [0, 0.1) is 5.92 Å². The average Bonchev–Trinajstić information content (AvgIpc) is 2.83. The van der Waals surface area contributed by atoms with Crippen molar-refractivity contribution in [3.8, 4) is 0 Å². The summed E-state index contributed by atoms with van der Waals surface area (Å²) >= 11 is 13.1. The van der Waals surface area contributed by atoms with E-state index in [4.69, 9.17) is 27.9 Å². The fraction of sp³-hybridized carbons (Fsp3) is 0.545. The maximum atomic E-state index is 12.2. The first-order valence-electron chi connectivity index (χ1n) is 5.24. The van der Waals surface area contributed by atoms with Gasteiger partial charge in [-0.15, -0.1) is 11.3 Å².